The molecule has 0 bridgehead atoms. The van der Waals surface area contributed by atoms with Crippen molar-refractivity contribution in [2.24, 2.45) is 0 Å². The lowest BCUT2D eigenvalue weighted by molar-refractivity contribution is 1.54. The molecule has 0 amide bonds. The molecule has 0 atom stereocenters. The van der Waals surface area contributed by atoms with Crippen molar-refractivity contribution in [1.82, 2.24) is 0 Å². The van der Waals surface area contributed by atoms with Gasteiger partial charge in [-0.15, -0.1) is 0 Å². The molecule has 0 heterocycles. The third-order valence-corrected chi connectivity index (χ3v) is 7.08. The summed E-state index contributed by atoms with van der Waals surface area (Å²) in [5.74, 6) is 0. The highest BCUT2D eigenvalue weighted by atomic mass is 14.6. The van der Waals surface area contributed by atoms with E-state index in [2.05, 4.69) is 97.1 Å². The average Bonchev–Trinajstić information content (AvgIpc) is 2.99. The van der Waals surface area contributed by atoms with E-state index in [-0.39, 0.29) is 0 Å². The van der Waals surface area contributed by atoms with Crippen LogP contribution in [0.1, 0.15) is 0 Å². The van der Waals surface area contributed by atoms with Gasteiger partial charge in [0.1, 0.15) is 0 Å². The van der Waals surface area contributed by atoms with Crippen molar-refractivity contribution >= 4 is 11.4 Å². The molecule has 0 radical (unpaired) electrons. The van der Waals surface area contributed by atoms with Gasteiger partial charge < -0.3 is 11.5 Å². The van der Waals surface area contributed by atoms with Crippen molar-refractivity contribution in [2.75, 3.05) is 11.5 Å². The normalized spacial score (nSPS) is 10.8. The molecule has 0 spiro atoms. The van der Waals surface area contributed by atoms with Crippen LogP contribution in [-0.2, 0) is 0 Å². The molecule has 38 heavy (non-hydrogen) atoms. The minimum Gasteiger partial charge on any atom is -0.398 e. The number of rotatable bonds is 5. The van der Waals surface area contributed by atoms with Crippen LogP contribution in [0.25, 0.3) is 55.6 Å². The van der Waals surface area contributed by atoms with Gasteiger partial charge in [-0.2, -0.15) is 0 Å². The van der Waals surface area contributed by atoms with Crippen molar-refractivity contribution < 1.29 is 0 Å². The Morgan fingerprint density at radius 3 is 0.842 bits per heavy atom. The van der Waals surface area contributed by atoms with E-state index in [1.54, 1.807) is 0 Å². The molecular weight excluding hydrogens is 460 g/mol. The molecular formula is C36H28N2. The summed E-state index contributed by atoms with van der Waals surface area (Å²) in [6.07, 6.45) is 0. The van der Waals surface area contributed by atoms with Crippen molar-refractivity contribution in [2.45, 2.75) is 0 Å². The highest BCUT2D eigenvalue weighted by molar-refractivity contribution is 6.04. The van der Waals surface area contributed by atoms with Crippen LogP contribution in [-0.4, -0.2) is 0 Å². The van der Waals surface area contributed by atoms with E-state index in [1.165, 1.54) is 0 Å². The number of hydrogen-bond donors (Lipinski definition) is 2. The third-order valence-electron chi connectivity index (χ3n) is 7.08. The lowest BCUT2D eigenvalue weighted by atomic mass is 9.85. The molecule has 2 heteroatoms. The van der Waals surface area contributed by atoms with Gasteiger partial charge in [-0.3, -0.25) is 0 Å². The van der Waals surface area contributed by atoms with Crippen LogP contribution in [0.2, 0.25) is 0 Å². The van der Waals surface area contributed by atoms with E-state index < -0.39 is 0 Å². The molecule has 0 aliphatic carbocycles. The Labute approximate surface area is 223 Å². The van der Waals surface area contributed by atoms with E-state index in [4.69, 9.17) is 11.5 Å². The van der Waals surface area contributed by atoms with Crippen molar-refractivity contribution in [3.8, 4) is 55.6 Å². The molecule has 0 aliphatic heterocycles. The van der Waals surface area contributed by atoms with Gasteiger partial charge in [-0.25, -0.2) is 0 Å². The maximum absolute atomic E-state index is 7.04. The lowest BCUT2D eigenvalue weighted by Crippen LogP contribution is -2.01. The van der Waals surface area contributed by atoms with Gasteiger partial charge in [0.05, 0.1) is 0 Å². The van der Waals surface area contributed by atoms with Crippen LogP contribution in [0.5, 0.6) is 0 Å². The fraction of sp³-hybridized carbons (Fsp3) is 0. The Bertz CT molecular complexity index is 1560. The molecule has 0 fully saturated rings. The summed E-state index contributed by atoms with van der Waals surface area (Å²) in [6, 6.07) is 50.0. The Balaban J connectivity index is 1.61. The van der Waals surface area contributed by atoms with Crippen molar-refractivity contribution in [3.05, 3.63) is 146 Å². The minimum absolute atomic E-state index is 0.718. The fourth-order valence-electron chi connectivity index (χ4n) is 5.26. The van der Waals surface area contributed by atoms with Gasteiger partial charge in [0.25, 0.3) is 0 Å². The standard InChI is InChI=1S/C36H28N2/c37-35-31(23-21-29(25-13-5-1-6-14-25)33(35)27-17-9-3-10-18-27)32-24-22-30(26-15-7-2-8-16-26)34(36(32)38)28-19-11-4-12-20-28/h1-24H,37-38H2. The summed E-state index contributed by atoms with van der Waals surface area (Å²) in [7, 11) is 0. The molecule has 6 rings (SSSR count). The van der Waals surface area contributed by atoms with Crippen LogP contribution in [0.3, 0.4) is 0 Å². The first-order valence-electron chi connectivity index (χ1n) is 12.8. The Morgan fingerprint density at radius 2 is 0.526 bits per heavy atom. The monoisotopic (exact) mass is 488 g/mol. The summed E-state index contributed by atoms with van der Waals surface area (Å²) in [5.41, 5.74) is 26.0. The van der Waals surface area contributed by atoms with Crippen LogP contribution >= 0.6 is 0 Å². The van der Waals surface area contributed by atoms with Crippen molar-refractivity contribution in [1.29, 1.82) is 0 Å². The first-order valence-corrected chi connectivity index (χ1v) is 12.8. The second-order valence-corrected chi connectivity index (χ2v) is 9.36. The third kappa shape index (κ3) is 4.23. The summed E-state index contributed by atoms with van der Waals surface area (Å²) >= 11 is 0. The van der Waals surface area contributed by atoms with Crippen LogP contribution < -0.4 is 11.5 Å². The molecule has 0 aliphatic rings. The quantitative estimate of drug-likeness (QED) is 0.238. The van der Waals surface area contributed by atoms with Crippen LogP contribution in [0.15, 0.2) is 146 Å². The number of nitrogen functional groups attached to an aromatic ring is 2. The van der Waals surface area contributed by atoms with E-state index in [1.807, 2.05) is 48.5 Å². The Hall–Kier alpha value is -5.08. The van der Waals surface area contributed by atoms with Gasteiger partial charge in [0.15, 0.2) is 0 Å². The van der Waals surface area contributed by atoms with E-state index >= 15 is 0 Å². The average molecular weight is 489 g/mol. The Kier molecular flexibility index (Phi) is 6.21. The largest absolute Gasteiger partial charge is 0.398 e. The lowest BCUT2D eigenvalue weighted by Gasteiger charge is -2.21. The van der Waals surface area contributed by atoms with Gasteiger partial charge in [-0.1, -0.05) is 146 Å². The number of nitrogens with two attached hydrogens (primary N) is 2. The summed E-state index contributed by atoms with van der Waals surface area (Å²) < 4.78 is 0. The molecule has 0 aromatic heterocycles. The van der Waals surface area contributed by atoms with Crippen LogP contribution in [0, 0.1) is 0 Å². The molecule has 4 N–H and O–H groups in total. The van der Waals surface area contributed by atoms with E-state index in [0.717, 1.165) is 67.0 Å². The number of hydrogen-bond acceptors (Lipinski definition) is 2. The molecule has 6 aromatic rings. The smallest absolute Gasteiger partial charge is 0.0480 e. The zero-order valence-electron chi connectivity index (χ0n) is 21.0. The summed E-state index contributed by atoms with van der Waals surface area (Å²) in [6.45, 7) is 0. The summed E-state index contributed by atoms with van der Waals surface area (Å²) in [4.78, 5) is 0. The first-order chi connectivity index (χ1) is 18.7. The molecule has 2 nitrogen and oxygen atoms in total. The predicted octanol–water partition coefficient (Wildman–Crippen LogP) is 9.19. The SMILES string of the molecule is Nc1c(-c2ccc(-c3ccccc3)c(-c3ccccc3)c2N)ccc(-c2ccccc2)c1-c1ccccc1. The summed E-state index contributed by atoms with van der Waals surface area (Å²) in [5, 5.41) is 0. The molecule has 0 saturated carbocycles. The second kappa shape index (κ2) is 10.1. The Morgan fingerprint density at radius 1 is 0.263 bits per heavy atom. The van der Waals surface area contributed by atoms with Gasteiger partial charge >= 0.3 is 0 Å². The zero-order valence-corrected chi connectivity index (χ0v) is 21.0. The van der Waals surface area contributed by atoms with E-state index in [9.17, 15) is 0 Å². The second-order valence-electron chi connectivity index (χ2n) is 9.36. The highest BCUT2D eigenvalue weighted by Crippen LogP contribution is 2.47. The predicted molar refractivity (Wildman–Crippen MR) is 162 cm³/mol. The zero-order chi connectivity index (χ0) is 25.9. The number of benzene rings is 6. The minimum atomic E-state index is 0.718. The van der Waals surface area contributed by atoms with Gasteiger partial charge in [-0.05, 0) is 33.4 Å². The highest BCUT2D eigenvalue weighted by Gasteiger charge is 2.20. The van der Waals surface area contributed by atoms with Gasteiger partial charge in [0, 0.05) is 33.6 Å². The molecule has 182 valence electrons. The maximum atomic E-state index is 7.04. The first kappa shape index (κ1) is 23.3. The number of anilines is 2. The molecule has 0 saturated heterocycles. The van der Waals surface area contributed by atoms with Crippen LogP contribution in [0.4, 0.5) is 11.4 Å². The van der Waals surface area contributed by atoms with Crippen molar-refractivity contribution in [3.63, 3.8) is 0 Å². The molecule has 0 unspecified atom stereocenters. The van der Waals surface area contributed by atoms with E-state index in [0.29, 0.717) is 0 Å². The van der Waals surface area contributed by atoms with Gasteiger partial charge in [0.2, 0.25) is 0 Å². The maximum Gasteiger partial charge on any atom is 0.0480 e. The fourth-order valence-corrected chi connectivity index (χ4v) is 5.26. The topological polar surface area (TPSA) is 52.0 Å². The molecule has 6 aromatic carbocycles.